The molecule has 0 unspecified atom stereocenters. The molecule has 3 aromatic rings. The SMILES string of the molecule is O=C(c1ccc2c(c1)CCCC2)N1CCN(Cc2nc3ccccc3s2)CC1. The lowest BCUT2D eigenvalue weighted by Crippen LogP contribution is -2.48. The first-order valence-electron chi connectivity index (χ1n) is 10.2. The largest absolute Gasteiger partial charge is 0.336 e. The number of hydrogen-bond acceptors (Lipinski definition) is 4. The molecule has 0 atom stereocenters. The molecule has 1 aromatic heterocycles. The lowest BCUT2D eigenvalue weighted by atomic mass is 9.90. The van der Waals surface area contributed by atoms with Crippen molar-refractivity contribution in [2.75, 3.05) is 26.2 Å². The molecular weight excluding hydrogens is 366 g/mol. The highest BCUT2D eigenvalue weighted by Crippen LogP contribution is 2.24. The fourth-order valence-corrected chi connectivity index (χ4v) is 5.35. The number of hydrogen-bond donors (Lipinski definition) is 0. The zero-order chi connectivity index (χ0) is 18.9. The van der Waals surface area contributed by atoms with E-state index in [1.807, 2.05) is 17.0 Å². The van der Waals surface area contributed by atoms with Crippen LogP contribution in [0.2, 0.25) is 0 Å². The van der Waals surface area contributed by atoms with Gasteiger partial charge >= 0.3 is 0 Å². The molecule has 2 heterocycles. The zero-order valence-corrected chi connectivity index (χ0v) is 16.9. The van der Waals surface area contributed by atoms with E-state index in [-0.39, 0.29) is 5.91 Å². The molecule has 0 spiro atoms. The van der Waals surface area contributed by atoms with Crippen LogP contribution in [-0.2, 0) is 19.4 Å². The van der Waals surface area contributed by atoms with Crippen molar-refractivity contribution in [3.05, 3.63) is 64.2 Å². The Labute approximate surface area is 169 Å². The van der Waals surface area contributed by atoms with Gasteiger partial charge in [-0.3, -0.25) is 9.69 Å². The van der Waals surface area contributed by atoms with E-state index < -0.39 is 0 Å². The average molecular weight is 392 g/mol. The second kappa shape index (κ2) is 7.64. The fourth-order valence-electron chi connectivity index (χ4n) is 4.34. The first-order chi connectivity index (χ1) is 13.8. The second-order valence-electron chi connectivity index (χ2n) is 7.83. The number of fused-ring (bicyclic) bond motifs is 2. The van der Waals surface area contributed by atoms with Crippen LogP contribution >= 0.6 is 11.3 Å². The first-order valence-corrected chi connectivity index (χ1v) is 11.1. The molecule has 4 nitrogen and oxygen atoms in total. The van der Waals surface area contributed by atoms with Crippen molar-refractivity contribution in [3.8, 4) is 0 Å². The number of carbonyl (C=O) groups excluding carboxylic acids is 1. The number of nitrogens with zero attached hydrogens (tertiary/aromatic N) is 3. The number of amides is 1. The van der Waals surface area contributed by atoms with E-state index in [4.69, 9.17) is 4.98 Å². The van der Waals surface area contributed by atoms with Gasteiger partial charge < -0.3 is 4.90 Å². The molecule has 2 aliphatic rings. The number of carbonyl (C=O) groups is 1. The van der Waals surface area contributed by atoms with Gasteiger partial charge in [0.15, 0.2) is 0 Å². The summed E-state index contributed by atoms with van der Waals surface area (Å²) in [6, 6.07) is 14.7. The van der Waals surface area contributed by atoms with E-state index in [9.17, 15) is 4.79 Å². The average Bonchev–Trinajstić information content (AvgIpc) is 3.16. The number of rotatable bonds is 3. The van der Waals surface area contributed by atoms with Crippen LogP contribution < -0.4 is 0 Å². The van der Waals surface area contributed by atoms with Crippen LogP contribution in [0.25, 0.3) is 10.2 Å². The van der Waals surface area contributed by atoms with Crippen LogP contribution in [0.5, 0.6) is 0 Å². The third-order valence-electron chi connectivity index (χ3n) is 5.95. The third kappa shape index (κ3) is 3.56. The predicted molar refractivity (Wildman–Crippen MR) is 114 cm³/mol. The summed E-state index contributed by atoms with van der Waals surface area (Å²) in [6.07, 6.45) is 4.80. The molecule has 144 valence electrons. The van der Waals surface area contributed by atoms with Gasteiger partial charge in [-0.1, -0.05) is 18.2 Å². The number of benzene rings is 2. The Morgan fingerprint density at radius 1 is 0.964 bits per heavy atom. The molecule has 0 bridgehead atoms. The lowest BCUT2D eigenvalue weighted by Gasteiger charge is -2.34. The summed E-state index contributed by atoms with van der Waals surface area (Å²) >= 11 is 1.77. The molecular formula is C23H25N3OS. The summed E-state index contributed by atoms with van der Waals surface area (Å²) in [5.74, 6) is 0.188. The minimum absolute atomic E-state index is 0.188. The van der Waals surface area contributed by atoms with Gasteiger partial charge in [-0.15, -0.1) is 11.3 Å². The van der Waals surface area contributed by atoms with Crippen molar-refractivity contribution >= 4 is 27.5 Å². The summed E-state index contributed by atoms with van der Waals surface area (Å²) in [4.78, 5) is 22.1. The molecule has 0 N–H and O–H groups in total. The van der Waals surface area contributed by atoms with Gasteiger partial charge in [0.1, 0.15) is 5.01 Å². The first kappa shape index (κ1) is 17.8. The molecule has 5 rings (SSSR count). The molecule has 1 fully saturated rings. The maximum absolute atomic E-state index is 13.0. The Morgan fingerprint density at radius 2 is 1.75 bits per heavy atom. The summed E-state index contributed by atoms with van der Waals surface area (Å²) < 4.78 is 1.25. The van der Waals surface area contributed by atoms with Crippen molar-refractivity contribution in [3.63, 3.8) is 0 Å². The number of aromatic nitrogens is 1. The number of piperazine rings is 1. The minimum atomic E-state index is 0.188. The second-order valence-corrected chi connectivity index (χ2v) is 8.95. The van der Waals surface area contributed by atoms with Gasteiger partial charge in [0.05, 0.1) is 16.8 Å². The van der Waals surface area contributed by atoms with Crippen molar-refractivity contribution in [1.82, 2.24) is 14.8 Å². The monoisotopic (exact) mass is 391 g/mol. The van der Waals surface area contributed by atoms with Crippen LogP contribution in [0.3, 0.4) is 0 Å². The van der Waals surface area contributed by atoms with Gasteiger partial charge in [-0.25, -0.2) is 4.98 Å². The Morgan fingerprint density at radius 3 is 2.57 bits per heavy atom. The molecule has 1 amide bonds. The molecule has 1 aliphatic heterocycles. The highest BCUT2D eigenvalue weighted by atomic mass is 32.1. The Kier molecular flexibility index (Phi) is 4.87. The lowest BCUT2D eigenvalue weighted by molar-refractivity contribution is 0.0628. The van der Waals surface area contributed by atoms with Crippen LogP contribution in [0.4, 0.5) is 0 Å². The summed E-state index contributed by atoms with van der Waals surface area (Å²) in [7, 11) is 0. The summed E-state index contributed by atoms with van der Waals surface area (Å²) in [5, 5.41) is 1.16. The van der Waals surface area contributed by atoms with E-state index in [1.54, 1.807) is 11.3 Å². The van der Waals surface area contributed by atoms with E-state index in [0.717, 1.165) is 61.7 Å². The minimum Gasteiger partial charge on any atom is -0.336 e. The predicted octanol–water partition coefficient (Wildman–Crippen LogP) is 4.13. The van der Waals surface area contributed by atoms with Crippen molar-refractivity contribution in [2.24, 2.45) is 0 Å². The molecule has 1 aliphatic carbocycles. The zero-order valence-electron chi connectivity index (χ0n) is 16.1. The van der Waals surface area contributed by atoms with Crippen molar-refractivity contribution < 1.29 is 4.79 Å². The van der Waals surface area contributed by atoms with Gasteiger partial charge in [0, 0.05) is 31.7 Å². The normalized spacial score (nSPS) is 17.6. The molecule has 0 saturated carbocycles. The summed E-state index contributed by atoms with van der Waals surface area (Å²) in [6.45, 7) is 4.28. The molecule has 5 heteroatoms. The maximum Gasteiger partial charge on any atom is 0.253 e. The molecule has 0 radical (unpaired) electrons. The van der Waals surface area contributed by atoms with E-state index >= 15 is 0 Å². The van der Waals surface area contributed by atoms with E-state index in [2.05, 4.69) is 35.2 Å². The standard InChI is InChI=1S/C23H25N3OS/c27-23(19-10-9-17-5-1-2-6-18(17)15-19)26-13-11-25(12-14-26)16-22-24-20-7-3-4-8-21(20)28-22/h3-4,7-10,15H,1-2,5-6,11-14,16H2. The van der Waals surface area contributed by atoms with E-state index in [0.29, 0.717) is 0 Å². The van der Waals surface area contributed by atoms with Gasteiger partial charge in [-0.2, -0.15) is 0 Å². The topological polar surface area (TPSA) is 36.4 Å². The van der Waals surface area contributed by atoms with Crippen LogP contribution in [0.1, 0.15) is 39.3 Å². The summed E-state index contributed by atoms with van der Waals surface area (Å²) in [5.41, 5.74) is 4.76. The van der Waals surface area contributed by atoms with Gasteiger partial charge in [0.2, 0.25) is 0 Å². The fraction of sp³-hybridized carbons (Fsp3) is 0.391. The molecule has 28 heavy (non-hydrogen) atoms. The Bertz CT molecular complexity index is 971. The number of para-hydroxylation sites is 1. The smallest absolute Gasteiger partial charge is 0.253 e. The number of thiazole rings is 1. The van der Waals surface area contributed by atoms with Crippen LogP contribution in [-0.4, -0.2) is 46.9 Å². The Hall–Kier alpha value is -2.24. The highest BCUT2D eigenvalue weighted by Gasteiger charge is 2.23. The van der Waals surface area contributed by atoms with Crippen molar-refractivity contribution in [1.29, 1.82) is 0 Å². The third-order valence-corrected chi connectivity index (χ3v) is 6.97. The maximum atomic E-state index is 13.0. The number of aryl methyl sites for hydroxylation is 2. The quantitative estimate of drug-likeness (QED) is 0.673. The molecule has 2 aromatic carbocycles. The molecule has 1 saturated heterocycles. The Balaban J connectivity index is 1.21. The van der Waals surface area contributed by atoms with Crippen LogP contribution in [0, 0.1) is 0 Å². The van der Waals surface area contributed by atoms with Crippen molar-refractivity contribution in [2.45, 2.75) is 32.2 Å². The van der Waals surface area contributed by atoms with E-state index in [1.165, 1.54) is 28.7 Å². The van der Waals surface area contributed by atoms with Gasteiger partial charge in [0.25, 0.3) is 5.91 Å². The van der Waals surface area contributed by atoms with Gasteiger partial charge in [-0.05, 0) is 61.1 Å². The highest BCUT2D eigenvalue weighted by molar-refractivity contribution is 7.18. The van der Waals surface area contributed by atoms with Crippen LogP contribution in [0.15, 0.2) is 42.5 Å².